The van der Waals surface area contributed by atoms with Crippen LogP contribution in [0.15, 0.2) is 30.5 Å². The Balaban J connectivity index is 2.52. The highest BCUT2D eigenvalue weighted by molar-refractivity contribution is 5.93. The lowest BCUT2D eigenvalue weighted by molar-refractivity contribution is -0.0534. The van der Waals surface area contributed by atoms with Crippen molar-refractivity contribution in [2.24, 2.45) is 0 Å². The van der Waals surface area contributed by atoms with Crippen molar-refractivity contribution in [3.63, 3.8) is 0 Å². The van der Waals surface area contributed by atoms with Gasteiger partial charge in [-0.1, -0.05) is 6.07 Å². The summed E-state index contributed by atoms with van der Waals surface area (Å²) in [4.78, 5) is 15.2. The van der Waals surface area contributed by atoms with Gasteiger partial charge in [-0.05, 0) is 23.8 Å². The summed E-state index contributed by atoms with van der Waals surface area (Å²) in [6.07, 6.45) is -2.01. The van der Waals surface area contributed by atoms with Gasteiger partial charge in [-0.2, -0.15) is 8.78 Å². The largest absolute Gasteiger partial charge is 0.465 e. The van der Waals surface area contributed by atoms with E-state index in [1.165, 1.54) is 6.07 Å². The van der Waals surface area contributed by atoms with Gasteiger partial charge in [0.15, 0.2) is 0 Å². The number of rotatable bonds is 5. The molecule has 2 aromatic rings. The van der Waals surface area contributed by atoms with E-state index in [0.717, 1.165) is 31.5 Å². The van der Waals surface area contributed by atoms with Crippen LogP contribution in [-0.2, 0) is 4.74 Å². The van der Waals surface area contributed by atoms with Crippen molar-refractivity contribution in [2.75, 3.05) is 7.11 Å². The first-order chi connectivity index (χ1) is 11.3. The van der Waals surface area contributed by atoms with Gasteiger partial charge in [0.1, 0.15) is 11.4 Å². The van der Waals surface area contributed by atoms with E-state index in [1.807, 2.05) is 0 Å². The van der Waals surface area contributed by atoms with Crippen molar-refractivity contribution in [1.82, 2.24) is 4.98 Å². The number of carbonyl (C=O) groups excluding carboxylic acids is 1. The van der Waals surface area contributed by atoms with Crippen LogP contribution in [0.5, 0.6) is 5.88 Å². The maximum atomic E-state index is 13.3. The Hall–Kier alpha value is -2.71. The first-order valence-corrected chi connectivity index (χ1v) is 6.44. The summed E-state index contributed by atoms with van der Waals surface area (Å²) in [5.41, 5.74) is -1.01. The number of ether oxygens (including phenoxy) is 2. The Bertz CT molecular complexity index is 752. The quantitative estimate of drug-likeness (QED) is 0.600. The minimum absolute atomic E-state index is 0.118. The van der Waals surface area contributed by atoms with E-state index in [2.05, 4.69) is 14.5 Å². The van der Waals surface area contributed by atoms with Crippen LogP contribution in [0.3, 0.4) is 0 Å². The van der Waals surface area contributed by atoms with Gasteiger partial charge < -0.3 is 9.47 Å². The fraction of sp³-hybridized carbons (Fsp3) is 0.200. The number of benzene rings is 1. The topological polar surface area (TPSA) is 48.4 Å². The van der Waals surface area contributed by atoms with Crippen molar-refractivity contribution in [1.29, 1.82) is 0 Å². The molecule has 128 valence electrons. The van der Waals surface area contributed by atoms with Crippen LogP contribution in [-0.4, -0.2) is 24.7 Å². The molecule has 0 bridgehead atoms. The zero-order chi connectivity index (χ0) is 17.9. The first kappa shape index (κ1) is 17.6. The Labute approximate surface area is 132 Å². The average Bonchev–Trinajstić information content (AvgIpc) is 2.54. The number of aromatic nitrogens is 1. The number of methoxy groups -OCH3 is 1. The lowest BCUT2D eigenvalue weighted by Gasteiger charge is -2.11. The van der Waals surface area contributed by atoms with Crippen molar-refractivity contribution in [3.8, 4) is 17.0 Å². The molecule has 0 aliphatic carbocycles. The van der Waals surface area contributed by atoms with Gasteiger partial charge in [0, 0.05) is 11.8 Å². The van der Waals surface area contributed by atoms with Gasteiger partial charge in [-0.15, -0.1) is 0 Å². The van der Waals surface area contributed by atoms with Gasteiger partial charge >= 0.3 is 12.6 Å². The number of pyridine rings is 1. The third-order valence-electron chi connectivity index (χ3n) is 3.02. The summed E-state index contributed by atoms with van der Waals surface area (Å²) in [5.74, 6) is -2.76. The van der Waals surface area contributed by atoms with Crippen molar-refractivity contribution in [2.45, 2.75) is 13.0 Å². The van der Waals surface area contributed by atoms with Crippen molar-refractivity contribution >= 4 is 5.97 Å². The zero-order valence-corrected chi connectivity index (χ0v) is 12.1. The molecule has 1 aromatic heterocycles. The maximum Gasteiger partial charge on any atom is 0.388 e. The summed E-state index contributed by atoms with van der Waals surface area (Å²) < 4.78 is 72.1. The molecule has 1 heterocycles. The molecule has 0 fully saturated rings. The second-order valence-electron chi connectivity index (χ2n) is 4.48. The first-order valence-electron chi connectivity index (χ1n) is 6.44. The van der Waals surface area contributed by atoms with Gasteiger partial charge in [0.05, 0.1) is 12.7 Å². The van der Waals surface area contributed by atoms with Crippen LogP contribution in [0.25, 0.3) is 11.1 Å². The van der Waals surface area contributed by atoms with Crippen LogP contribution >= 0.6 is 0 Å². The van der Waals surface area contributed by atoms with Gasteiger partial charge in [-0.25, -0.2) is 22.9 Å². The van der Waals surface area contributed by atoms with Crippen LogP contribution < -0.4 is 4.74 Å². The molecule has 1 aromatic carbocycles. The Morgan fingerprint density at radius 2 is 1.83 bits per heavy atom. The molecule has 4 nitrogen and oxygen atoms in total. The van der Waals surface area contributed by atoms with Crippen LogP contribution in [0.2, 0.25) is 0 Å². The Morgan fingerprint density at radius 1 is 1.12 bits per heavy atom. The molecule has 0 aliphatic rings. The molecule has 0 N–H and O–H groups in total. The Morgan fingerprint density at radius 3 is 2.42 bits per heavy atom. The fourth-order valence-corrected chi connectivity index (χ4v) is 1.94. The monoisotopic (exact) mass is 347 g/mol. The highest BCUT2D eigenvalue weighted by Gasteiger charge is 2.20. The molecule has 0 saturated heterocycles. The lowest BCUT2D eigenvalue weighted by atomic mass is 10.0. The predicted octanol–water partition coefficient (Wildman–Crippen LogP) is 4.21. The van der Waals surface area contributed by atoms with E-state index in [1.54, 1.807) is 0 Å². The normalized spacial score (nSPS) is 11.0. The van der Waals surface area contributed by atoms with Gasteiger partial charge in [0.2, 0.25) is 5.88 Å². The summed E-state index contributed by atoms with van der Waals surface area (Å²) in [6.45, 7) is -3.22. The van der Waals surface area contributed by atoms with E-state index in [9.17, 15) is 26.7 Å². The van der Waals surface area contributed by atoms with E-state index in [0.29, 0.717) is 0 Å². The molecule has 0 atom stereocenters. The summed E-state index contributed by atoms with van der Waals surface area (Å²) in [7, 11) is 1.02. The van der Waals surface area contributed by atoms with E-state index in [4.69, 9.17) is 0 Å². The molecule has 0 unspecified atom stereocenters. The zero-order valence-electron chi connectivity index (χ0n) is 12.1. The summed E-state index contributed by atoms with van der Waals surface area (Å²) in [6, 6.07) is 3.98. The molecule has 24 heavy (non-hydrogen) atoms. The fourth-order valence-electron chi connectivity index (χ4n) is 1.94. The third kappa shape index (κ3) is 3.79. The molecule has 0 saturated carbocycles. The molecule has 9 heteroatoms. The minimum Gasteiger partial charge on any atom is -0.465 e. The highest BCUT2D eigenvalue weighted by Crippen LogP contribution is 2.30. The maximum absolute atomic E-state index is 13.3. The molecule has 0 radical (unpaired) electrons. The molecule has 2 rings (SSSR count). The molecular formula is C15H10F5NO3. The van der Waals surface area contributed by atoms with Crippen LogP contribution in [0.4, 0.5) is 22.0 Å². The van der Waals surface area contributed by atoms with Gasteiger partial charge in [-0.3, -0.25) is 0 Å². The Kier molecular flexibility index (Phi) is 5.32. The van der Waals surface area contributed by atoms with E-state index < -0.39 is 41.8 Å². The smallest absolute Gasteiger partial charge is 0.388 e. The van der Waals surface area contributed by atoms with Crippen LogP contribution in [0, 0.1) is 5.82 Å². The van der Waals surface area contributed by atoms with E-state index in [-0.39, 0.29) is 11.1 Å². The number of halogens is 5. The number of hydrogen-bond acceptors (Lipinski definition) is 4. The number of hydrogen-bond donors (Lipinski definition) is 0. The summed E-state index contributed by atoms with van der Waals surface area (Å²) >= 11 is 0. The lowest BCUT2D eigenvalue weighted by Crippen LogP contribution is -2.11. The van der Waals surface area contributed by atoms with Gasteiger partial charge in [0.25, 0.3) is 6.43 Å². The van der Waals surface area contributed by atoms with Crippen LogP contribution in [0.1, 0.15) is 22.3 Å². The molecular weight excluding hydrogens is 337 g/mol. The standard InChI is InChI=1S/C15H10F5NO3/c1-23-14(22)10-5-8(6-21-13(10)24-15(19)20)7-2-3-11(16)9(4-7)12(17)18/h2-6,12,15H,1H3. The second kappa shape index (κ2) is 7.24. The van der Waals surface area contributed by atoms with Crippen molar-refractivity contribution in [3.05, 3.63) is 47.4 Å². The number of carbonyl (C=O) groups is 1. The number of esters is 1. The predicted molar refractivity (Wildman–Crippen MR) is 72.6 cm³/mol. The SMILES string of the molecule is COC(=O)c1cc(-c2ccc(F)c(C(F)F)c2)cnc1OC(F)F. The summed E-state index contributed by atoms with van der Waals surface area (Å²) in [5, 5.41) is 0. The molecule has 0 spiro atoms. The average molecular weight is 347 g/mol. The number of alkyl halides is 4. The molecule has 0 aliphatic heterocycles. The van der Waals surface area contributed by atoms with E-state index >= 15 is 0 Å². The van der Waals surface area contributed by atoms with Crippen molar-refractivity contribution < 1.29 is 36.2 Å². The second-order valence-corrected chi connectivity index (χ2v) is 4.48. The number of nitrogens with zero attached hydrogens (tertiary/aromatic N) is 1. The minimum atomic E-state index is -3.22. The molecule has 0 amide bonds. The third-order valence-corrected chi connectivity index (χ3v) is 3.02. The highest BCUT2D eigenvalue weighted by atomic mass is 19.3.